The molecule has 0 bridgehead atoms. The molecule has 0 aromatic heterocycles. The van der Waals surface area contributed by atoms with Gasteiger partial charge in [0.2, 0.25) is 0 Å². The van der Waals surface area contributed by atoms with E-state index in [0.29, 0.717) is 0 Å². The second-order valence-electron chi connectivity index (χ2n) is 4.25. The molecule has 1 saturated heterocycles. The summed E-state index contributed by atoms with van der Waals surface area (Å²) in [5.74, 6) is 0.741. The molecule has 2 rings (SSSR count). The van der Waals surface area contributed by atoms with E-state index in [-0.39, 0.29) is 6.03 Å². The minimum atomic E-state index is -0.0491. The Kier molecular flexibility index (Phi) is 4.41. The van der Waals surface area contributed by atoms with Gasteiger partial charge in [-0.15, -0.1) is 0 Å². The molecule has 0 atom stereocenters. The monoisotopic (exact) mass is 249 g/mol. The fourth-order valence-corrected chi connectivity index (χ4v) is 1.95. The van der Waals surface area contributed by atoms with Gasteiger partial charge in [-0.05, 0) is 25.1 Å². The number of carbonyl (C=O) groups excluding carboxylic acids is 1. The molecule has 18 heavy (non-hydrogen) atoms. The highest BCUT2D eigenvalue weighted by Gasteiger charge is 2.15. The molecule has 2 amide bonds. The average molecular weight is 249 g/mol. The highest BCUT2D eigenvalue weighted by Crippen LogP contribution is 2.17. The Morgan fingerprint density at radius 1 is 1.39 bits per heavy atom. The average Bonchev–Trinajstić information content (AvgIpc) is 2.68. The van der Waals surface area contributed by atoms with Gasteiger partial charge in [0.05, 0.1) is 7.11 Å². The molecule has 0 spiro atoms. The highest BCUT2D eigenvalue weighted by atomic mass is 16.5. The van der Waals surface area contributed by atoms with E-state index in [0.717, 1.165) is 44.0 Å². The van der Waals surface area contributed by atoms with Crippen molar-refractivity contribution in [2.75, 3.05) is 38.6 Å². The van der Waals surface area contributed by atoms with E-state index in [2.05, 4.69) is 10.6 Å². The van der Waals surface area contributed by atoms with Crippen LogP contribution in [0.25, 0.3) is 0 Å². The molecule has 1 fully saturated rings. The third-order valence-corrected chi connectivity index (χ3v) is 2.95. The molecular formula is C13H19N3O2. The first kappa shape index (κ1) is 12.7. The van der Waals surface area contributed by atoms with Crippen molar-refractivity contribution < 1.29 is 9.53 Å². The lowest BCUT2D eigenvalue weighted by atomic mass is 10.3. The minimum Gasteiger partial charge on any atom is -0.497 e. The summed E-state index contributed by atoms with van der Waals surface area (Å²) in [6, 6.07) is 7.33. The summed E-state index contributed by atoms with van der Waals surface area (Å²) in [5, 5.41) is 6.17. The maximum Gasteiger partial charge on any atom is 0.321 e. The number of nitrogens with zero attached hydrogens (tertiary/aromatic N) is 1. The number of hydrogen-bond donors (Lipinski definition) is 2. The summed E-state index contributed by atoms with van der Waals surface area (Å²) in [5.41, 5.74) is 0.761. The number of benzene rings is 1. The Labute approximate surface area is 107 Å². The van der Waals surface area contributed by atoms with Crippen LogP contribution in [0.3, 0.4) is 0 Å². The first-order valence-electron chi connectivity index (χ1n) is 6.20. The molecular weight excluding hydrogens is 230 g/mol. The predicted octanol–water partition coefficient (Wildman–Crippen LogP) is 1.52. The van der Waals surface area contributed by atoms with Gasteiger partial charge >= 0.3 is 6.03 Å². The molecule has 1 aromatic carbocycles. The molecule has 0 unspecified atom stereocenters. The van der Waals surface area contributed by atoms with E-state index < -0.39 is 0 Å². The fraction of sp³-hybridized carbons (Fsp3) is 0.462. The van der Waals surface area contributed by atoms with E-state index in [1.54, 1.807) is 7.11 Å². The van der Waals surface area contributed by atoms with Crippen LogP contribution in [-0.4, -0.2) is 44.2 Å². The van der Waals surface area contributed by atoms with Crippen LogP contribution in [0.15, 0.2) is 24.3 Å². The van der Waals surface area contributed by atoms with Crippen molar-refractivity contribution >= 4 is 11.7 Å². The van der Waals surface area contributed by atoms with Gasteiger partial charge in [-0.2, -0.15) is 0 Å². The molecule has 1 aliphatic heterocycles. The number of ether oxygens (including phenoxy) is 1. The number of hydrogen-bond acceptors (Lipinski definition) is 3. The number of amides is 2. The third-order valence-electron chi connectivity index (χ3n) is 2.95. The van der Waals surface area contributed by atoms with Crippen LogP contribution in [-0.2, 0) is 0 Å². The second-order valence-corrected chi connectivity index (χ2v) is 4.25. The summed E-state index contributed by atoms with van der Waals surface area (Å²) in [6.45, 7) is 3.37. The van der Waals surface area contributed by atoms with Crippen molar-refractivity contribution in [1.29, 1.82) is 0 Å². The Morgan fingerprint density at radius 2 is 2.28 bits per heavy atom. The molecule has 1 heterocycles. The summed E-state index contributed by atoms with van der Waals surface area (Å²) < 4.78 is 5.13. The smallest absolute Gasteiger partial charge is 0.321 e. The van der Waals surface area contributed by atoms with Crippen LogP contribution in [0.4, 0.5) is 10.5 Å². The van der Waals surface area contributed by atoms with Crippen molar-refractivity contribution in [3.05, 3.63) is 24.3 Å². The van der Waals surface area contributed by atoms with Gasteiger partial charge < -0.3 is 20.3 Å². The zero-order valence-corrected chi connectivity index (χ0v) is 10.6. The van der Waals surface area contributed by atoms with Crippen molar-refractivity contribution in [2.24, 2.45) is 0 Å². The van der Waals surface area contributed by atoms with Gasteiger partial charge in [0, 0.05) is 31.4 Å². The first-order chi connectivity index (χ1) is 8.79. The van der Waals surface area contributed by atoms with Gasteiger partial charge in [0.25, 0.3) is 0 Å². The van der Waals surface area contributed by atoms with Gasteiger partial charge in [-0.3, -0.25) is 0 Å². The summed E-state index contributed by atoms with van der Waals surface area (Å²) in [6.07, 6.45) is 0.992. The standard InChI is InChI=1S/C13H19N3O2/c1-18-12-5-2-4-11(10-12)15-13(17)16-8-3-6-14-7-9-16/h2,4-5,10,14H,3,6-9H2,1H3,(H,15,17). The second kappa shape index (κ2) is 6.26. The van der Waals surface area contributed by atoms with Gasteiger partial charge in [-0.25, -0.2) is 4.79 Å². The minimum absolute atomic E-state index is 0.0491. The van der Waals surface area contributed by atoms with E-state index in [1.165, 1.54) is 0 Å². The SMILES string of the molecule is COc1cccc(NC(=O)N2CCCNCC2)c1. The lowest BCUT2D eigenvalue weighted by Crippen LogP contribution is -2.37. The zero-order chi connectivity index (χ0) is 12.8. The topological polar surface area (TPSA) is 53.6 Å². The van der Waals surface area contributed by atoms with Crippen molar-refractivity contribution in [2.45, 2.75) is 6.42 Å². The molecule has 98 valence electrons. The maximum atomic E-state index is 12.1. The van der Waals surface area contributed by atoms with Crippen LogP contribution in [0, 0.1) is 0 Å². The Balaban J connectivity index is 1.96. The lowest BCUT2D eigenvalue weighted by Gasteiger charge is -2.20. The summed E-state index contributed by atoms with van der Waals surface area (Å²) in [7, 11) is 1.61. The number of methoxy groups -OCH3 is 1. The molecule has 1 aromatic rings. The zero-order valence-electron chi connectivity index (χ0n) is 10.6. The largest absolute Gasteiger partial charge is 0.497 e. The summed E-state index contributed by atoms with van der Waals surface area (Å²) in [4.78, 5) is 13.9. The maximum absolute atomic E-state index is 12.1. The molecule has 0 saturated carbocycles. The number of urea groups is 1. The van der Waals surface area contributed by atoms with E-state index in [1.807, 2.05) is 29.2 Å². The van der Waals surface area contributed by atoms with Crippen LogP contribution < -0.4 is 15.4 Å². The predicted molar refractivity (Wildman–Crippen MR) is 71.1 cm³/mol. The van der Waals surface area contributed by atoms with Crippen LogP contribution in [0.1, 0.15) is 6.42 Å². The van der Waals surface area contributed by atoms with E-state index >= 15 is 0 Å². The molecule has 5 heteroatoms. The molecule has 0 radical (unpaired) electrons. The number of nitrogens with one attached hydrogen (secondary N) is 2. The van der Waals surface area contributed by atoms with E-state index in [9.17, 15) is 4.79 Å². The molecule has 2 N–H and O–H groups in total. The third kappa shape index (κ3) is 3.37. The molecule has 1 aliphatic rings. The van der Waals surface area contributed by atoms with Crippen LogP contribution in [0.5, 0.6) is 5.75 Å². The van der Waals surface area contributed by atoms with Gasteiger partial charge in [0.15, 0.2) is 0 Å². The van der Waals surface area contributed by atoms with Crippen molar-refractivity contribution in [3.63, 3.8) is 0 Å². The van der Waals surface area contributed by atoms with Crippen LogP contribution in [0.2, 0.25) is 0 Å². The van der Waals surface area contributed by atoms with Crippen LogP contribution >= 0.6 is 0 Å². The number of anilines is 1. The van der Waals surface area contributed by atoms with Gasteiger partial charge in [-0.1, -0.05) is 6.07 Å². The lowest BCUT2D eigenvalue weighted by molar-refractivity contribution is 0.215. The fourth-order valence-electron chi connectivity index (χ4n) is 1.95. The number of carbonyl (C=O) groups is 1. The number of rotatable bonds is 2. The van der Waals surface area contributed by atoms with Crippen molar-refractivity contribution in [1.82, 2.24) is 10.2 Å². The quantitative estimate of drug-likeness (QED) is 0.835. The van der Waals surface area contributed by atoms with Gasteiger partial charge in [0.1, 0.15) is 5.75 Å². The summed E-state index contributed by atoms with van der Waals surface area (Å²) >= 11 is 0. The van der Waals surface area contributed by atoms with E-state index in [4.69, 9.17) is 4.74 Å². The Hall–Kier alpha value is -1.75. The van der Waals surface area contributed by atoms with Crippen molar-refractivity contribution in [3.8, 4) is 5.75 Å². The first-order valence-corrected chi connectivity index (χ1v) is 6.20. The molecule has 0 aliphatic carbocycles. The molecule has 5 nitrogen and oxygen atoms in total. The Bertz CT molecular complexity index is 401. The highest BCUT2D eigenvalue weighted by molar-refractivity contribution is 5.89. The Morgan fingerprint density at radius 3 is 3.11 bits per heavy atom. The normalized spacial score (nSPS) is 15.9.